The van der Waals surface area contributed by atoms with Gasteiger partial charge in [0.2, 0.25) is 5.91 Å². The molecule has 5 heteroatoms. The molecule has 0 aliphatic heterocycles. The molecule has 0 saturated heterocycles. The van der Waals surface area contributed by atoms with Gasteiger partial charge in [-0.05, 0) is 37.5 Å². The number of nitrogens with one attached hydrogen (secondary N) is 2. The molecule has 0 aliphatic carbocycles. The predicted molar refractivity (Wildman–Crippen MR) is 81.7 cm³/mol. The van der Waals surface area contributed by atoms with Gasteiger partial charge < -0.3 is 10.6 Å². The highest BCUT2D eigenvalue weighted by atomic mass is 35.5. The number of aryl methyl sites for hydroxylation is 1. The van der Waals surface area contributed by atoms with Gasteiger partial charge in [-0.15, -0.1) is 0 Å². The summed E-state index contributed by atoms with van der Waals surface area (Å²) < 4.78 is 0. The van der Waals surface area contributed by atoms with E-state index in [1.165, 1.54) is 0 Å². The summed E-state index contributed by atoms with van der Waals surface area (Å²) in [5.41, 5.74) is 0.896. The van der Waals surface area contributed by atoms with Crippen molar-refractivity contribution in [2.24, 2.45) is 5.92 Å². The van der Waals surface area contributed by atoms with Crippen molar-refractivity contribution in [1.82, 2.24) is 5.32 Å². The van der Waals surface area contributed by atoms with E-state index in [1.54, 1.807) is 6.92 Å². The largest absolute Gasteiger partial charge is 0.375 e. The maximum Gasteiger partial charge on any atom is 0.240 e. The number of carbonyl (C=O) groups is 1. The smallest absolute Gasteiger partial charge is 0.240 e. The molecule has 0 aromatic heterocycles. The Balaban J connectivity index is 2.62. The zero-order chi connectivity index (χ0) is 15.3. The molecule has 1 amide bonds. The summed E-state index contributed by atoms with van der Waals surface area (Å²) in [4.78, 5) is 11.9. The van der Waals surface area contributed by atoms with Crippen LogP contribution in [-0.2, 0) is 4.79 Å². The van der Waals surface area contributed by atoms with Crippen LogP contribution in [0.3, 0.4) is 0 Å². The van der Waals surface area contributed by atoms with Crippen molar-refractivity contribution in [3.63, 3.8) is 0 Å². The molecule has 0 unspecified atom stereocenters. The minimum Gasteiger partial charge on any atom is -0.375 e. The molecule has 1 aromatic carbocycles. The lowest BCUT2D eigenvalue weighted by Crippen LogP contribution is -2.50. The van der Waals surface area contributed by atoms with Crippen molar-refractivity contribution in [2.45, 2.75) is 33.2 Å². The van der Waals surface area contributed by atoms with Crippen LogP contribution in [0, 0.1) is 24.2 Å². The molecule has 4 nitrogen and oxygen atoms in total. The van der Waals surface area contributed by atoms with E-state index >= 15 is 0 Å². The zero-order valence-corrected chi connectivity index (χ0v) is 13.0. The number of carbonyl (C=O) groups excluding carboxylic acids is 1. The quantitative estimate of drug-likeness (QED) is 0.876. The lowest BCUT2D eigenvalue weighted by molar-refractivity contribution is -0.121. The van der Waals surface area contributed by atoms with Crippen molar-refractivity contribution >= 4 is 23.2 Å². The number of hydrogen-bond acceptors (Lipinski definition) is 3. The molecule has 0 heterocycles. The predicted octanol–water partition coefficient (Wildman–Crippen LogP) is 3.11. The van der Waals surface area contributed by atoms with Gasteiger partial charge in [-0.3, -0.25) is 4.79 Å². The molecule has 0 radical (unpaired) electrons. The SMILES string of the molecule is Cc1ccc(NCC(=O)N[C@@](C)(C#N)C(C)C)c(Cl)c1. The molecule has 0 bridgehead atoms. The first-order chi connectivity index (χ1) is 9.28. The molecule has 1 rings (SSSR count). The molecule has 1 aromatic rings. The fraction of sp³-hybridized carbons (Fsp3) is 0.467. The van der Waals surface area contributed by atoms with Crippen LogP contribution in [0.4, 0.5) is 5.69 Å². The molecule has 0 saturated carbocycles. The topological polar surface area (TPSA) is 64.9 Å². The Bertz CT molecular complexity index is 536. The highest BCUT2D eigenvalue weighted by Gasteiger charge is 2.29. The van der Waals surface area contributed by atoms with Crippen LogP contribution in [-0.4, -0.2) is 18.0 Å². The van der Waals surface area contributed by atoms with E-state index in [-0.39, 0.29) is 18.4 Å². The Morgan fingerprint density at radius 3 is 2.65 bits per heavy atom. The van der Waals surface area contributed by atoms with Gasteiger partial charge >= 0.3 is 0 Å². The zero-order valence-electron chi connectivity index (χ0n) is 12.2. The van der Waals surface area contributed by atoms with Gasteiger partial charge in [0.05, 0.1) is 23.3 Å². The molecule has 0 fully saturated rings. The third kappa shape index (κ3) is 4.14. The third-order valence-corrected chi connectivity index (χ3v) is 3.66. The van der Waals surface area contributed by atoms with Gasteiger partial charge in [0.25, 0.3) is 0 Å². The Hall–Kier alpha value is -1.73. The normalized spacial score (nSPS) is 13.4. The lowest BCUT2D eigenvalue weighted by Gasteiger charge is -2.27. The van der Waals surface area contributed by atoms with Crippen LogP contribution in [0.15, 0.2) is 18.2 Å². The molecule has 2 N–H and O–H groups in total. The number of rotatable bonds is 5. The number of amides is 1. The Morgan fingerprint density at radius 2 is 2.15 bits per heavy atom. The second-order valence-corrected chi connectivity index (χ2v) is 5.76. The molecular formula is C15H20ClN3O. The van der Waals surface area contributed by atoms with E-state index in [4.69, 9.17) is 16.9 Å². The Labute approximate surface area is 125 Å². The summed E-state index contributed by atoms with van der Waals surface area (Å²) in [5, 5.41) is 15.4. The summed E-state index contributed by atoms with van der Waals surface area (Å²) in [7, 11) is 0. The minimum atomic E-state index is -0.865. The van der Waals surface area contributed by atoms with Gasteiger partial charge in [0, 0.05) is 0 Å². The monoisotopic (exact) mass is 293 g/mol. The number of hydrogen-bond donors (Lipinski definition) is 2. The number of nitriles is 1. The van der Waals surface area contributed by atoms with Crippen molar-refractivity contribution < 1.29 is 4.79 Å². The Morgan fingerprint density at radius 1 is 1.50 bits per heavy atom. The molecule has 0 spiro atoms. The van der Waals surface area contributed by atoms with E-state index in [2.05, 4.69) is 16.7 Å². The minimum absolute atomic E-state index is 0.0272. The summed E-state index contributed by atoms with van der Waals surface area (Å²) in [5.74, 6) is -0.209. The second-order valence-electron chi connectivity index (χ2n) is 5.35. The summed E-state index contributed by atoms with van der Waals surface area (Å²) in [6.45, 7) is 7.53. The number of benzene rings is 1. The fourth-order valence-electron chi connectivity index (χ4n) is 1.57. The van der Waals surface area contributed by atoms with Crippen molar-refractivity contribution in [3.8, 4) is 6.07 Å². The van der Waals surface area contributed by atoms with E-state index in [9.17, 15) is 4.79 Å². The highest BCUT2D eigenvalue weighted by Crippen LogP contribution is 2.22. The number of anilines is 1. The van der Waals surface area contributed by atoms with E-state index in [1.807, 2.05) is 39.0 Å². The van der Waals surface area contributed by atoms with Gasteiger partial charge in [-0.25, -0.2) is 0 Å². The fourth-order valence-corrected chi connectivity index (χ4v) is 1.88. The van der Waals surface area contributed by atoms with Crippen LogP contribution in [0.25, 0.3) is 0 Å². The van der Waals surface area contributed by atoms with Crippen LogP contribution in [0.2, 0.25) is 5.02 Å². The van der Waals surface area contributed by atoms with Crippen LogP contribution < -0.4 is 10.6 Å². The summed E-state index contributed by atoms with van der Waals surface area (Å²) in [6, 6.07) is 7.72. The first kappa shape index (κ1) is 16.3. The third-order valence-electron chi connectivity index (χ3n) is 3.35. The van der Waals surface area contributed by atoms with Gasteiger partial charge in [0.1, 0.15) is 5.54 Å². The lowest BCUT2D eigenvalue weighted by atomic mass is 9.90. The maximum absolute atomic E-state index is 11.9. The first-order valence-corrected chi connectivity index (χ1v) is 6.88. The molecule has 108 valence electrons. The first-order valence-electron chi connectivity index (χ1n) is 6.51. The van der Waals surface area contributed by atoms with E-state index in [0.717, 1.165) is 5.56 Å². The van der Waals surface area contributed by atoms with Crippen molar-refractivity contribution in [1.29, 1.82) is 5.26 Å². The number of nitrogens with zero attached hydrogens (tertiary/aromatic N) is 1. The van der Waals surface area contributed by atoms with Gasteiger partial charge in [0.15, 0.2) is 0 Å². The van der Waals surface area contributed by atoms with Crippen molar-refractivity contribution in [3.05, 3.63) is 28.8 Å². The summed E-state index contributed by atoms with van der Waals surface area (Å²) >= 11 is 6.08. The standard InChI is InChI=1S/C15H20ClN3O/c1-10(2)15(4,9-17)19-14(20)8-18-13-6-5-11(3)7-12(13)16/h5-7,10,18H,8H2,1-4H3,(H,19,20)/t15-/m0/s1. The van der Waals surface area contributed by atoms with Crippen LogP contribution >= 0.6 is 11.6 Å². The molecule has 0 aliphatic rings. The highest BCUT2D eigenvalue weighted by molar-refractivity contribution is 6.33. The van der Waals surface area contributed by atoms with Crippen molar-refractivity contribution in [2.75, 3.05) is 11.9 Å². The Kier molecular flexibility index (Phi) is 5.41. The van der Waals surface area contributed by atoms with Crippen LogP contribution in [0.5, 0.6) is 0 Å². The maximum atomic E-state index is 11.9. The molecule has 20 heavy (non-hydrogen) atoms. The molecular weight excluding hydrogens is 274 g/mol. The van der Waals surface area contributed by atoms with Crippen LogP contribution in [0.1, 0.15) is 26.3 Å². The van der Waals surface area contributed by atoms with Gasteiger partial charge in [-0.2, -0.15) is 5.26 Å². The summed E-state index contributed by atoms with van der Waals surface area (Å²) in [6.07, 6.45) is 0. The van der Waals surface area contributed by atoms with Gasteiger partial charge in [-0.1, -0.05) is 31.5 Å². The average molecular weight is 294 g/mol. The number of halogens is 1. The molecule has 1 atom stereocenters. The average Bonchev–Trinajstić information content (AvgIpc) is 2.37. The van der Waals surface area contributed by atoms with E-state index < -0.39 is 5.54 Å². The van der Waals surface area contributed by atoms with E-state index in [0.29, 0.717) is 10.7 Å². The second kappa shape index (κ2) is 6.62.